The summed E-state index contributed by atoms with van der Waals surface area (Å²) in [5.74, 6) is 0.916. The fourth-order valence-electron chi connectivity index (χ4n) is 1.26. The summed E-state index contributed by atoms with van der Waals surface area (Å²) in [4.78, 5) is 7.80. The van der Waals surface area contributed by atoms with Crippen LogP contribution in [0.25, 0.3) is 0 Å². The third-order valence-corrected chi connectivity index (χ3v) is 1.94. The van der Waals surface area contributed by atoms with E-state index in [1.807, 2.05) is 0 Å². The molecule has 3 N–H and O–H groups in total. The molecule has 0 fully saturated rings. The molecule has 6 nitrogen and oxygen atoms in total. The summed E-state index contributed by atoms with van der Waals surface area (Å²) in [6.45, 7) is -0.488. The zero-order valence-corrected chi connectivity index (χ0v) is 8.72. The fourth-order valence-corrected chi connectivity index (χ4v) is 1.26. The van der Waals surface area contributed by atoms with Gasteiger partial charge in [0.1, 0.15) is 18.2 Å². The van der Waals surface area contributed by atoms with E-state index in [-0.39, 0.29) is 5.95 Å². The molecule has 0 amide bonds. The van der Waals surface area contributed by atoms with Crippen molar-refractivity contribution in [2.45, 2.75) is 13.0 Å². The summed E-state index contributed by atoms with van der Waals surface area (Å²) in [5, 5.41) is 6.53. The molecule has 2 aromatic rings. The molecule has 90 valence electrons. The van der Waals surface area contributed by atoms with Gasteiger partial charge in [-0.05, 0) is 6.07 Å². The van der Waals surface area contributed by atoms with Gasteiger partial charge in [0.15, 0.2) is 0 Å². The third kappa shape index (κ3) is 2.86. The molecule has 2 rings (SSSR count). The van der Waals surface area contributed by atoms with Gasteiger partial charge in [-0.15, -0.1) is 0 Å². The maximum Gasteiger partial charge on any atom is 0.258 e. The molecule has 2 heterocycles. The van der Waals surface area contributed by atoms with Crippen LogP contribution in [0.5, 0.6) is 0 Å². The van der Waals surface area contributed by atoms with Crippen molar-refractivity contribution >= 4 is 17.6 Å². The van der Waals surface area contributed by atoms with Gasteiger partial charge in [0.2, 0.25) is 5.95 Å². The summed E-state index contributed by atoms with van der Waals surface area (Å²) in [7, 11) is 0. The molecule has 0 radical (unpaired) electrons. The van der Waals surface area contributed by atoms with Crippen LogP contribution >= 0.6 is 0 Å². The molecule has 0 saturated carbocycles. The predicted molar refractivity (Wildman–Crippen MR) is 58.0 cm³/mol. The Morgan fingerprint density at radius 2 is 2.18 bits per heavy atom. The van der Waals surface area contributed by atoms with Crippen LogP contribution < -0.4 is 11.1 Å². The highest BCUT2D eigenvalue weighted by Crippen LogP contribution is 2.13. The van der Waals surface area contributed by atoms with E-state index in [0.717, 1.165) is 4.68 Å². The van der Waals surface area contributed by atoms with Crippen LogP contribution in [-0.4, -0.2) is 26.2 Å². The Bertz CT molecular complexity index is 498. The van der Waals surface area contributed by atoms with Crippen molar-refractivity contribution in [2.24, 2.45) is 0 Å². The van der Waals surface area contributed by atoms with Crippen molar-refractivity contribution in [1.29, 1.82) is 0 Å². The topological polar surface area (TPSA) is 81.6 Å². The van der Waals surface area contributed by atoms with Crippen LogP contribution in [-0.2, 0) is 6.54 Å². The van der Waals surface area contributed by atoms with Gasteiger partial charge in [-0.3, -0.25) is 0 Å². The Balaban J connectivity index is 2.16. The zero-order valence-electron chi connectivity index (χ0n) is 8.72. The lowest BCUT2D eigenvalue weighted by Gasteiger charge is -2.08. The number of hydrogen-bond acceptors (Lipinski definition) is 5. The highest BCUT2D eigenvalue weighted by molar-refractivity contribution is 5.49. The minimum absolute atomic E-state index is 0.237. The van der Waals surface area contributed by atoms with Gasteiger partial charge in [0.25, 0.3) is 6.43 Å². The van der Waals surface area contributed by atoms with Crippen LogP contribution in [0.1, 0.15) is 0 Å². The lowest BCUT2D eigenvalue weighted by molar-refractivity contribution is 0.122. The molecule has 0 bridgehead atoms. The quantitative estimate of drug-likeness (QED) is 0.840. The van der Waals surface area contributed by atoms with Gasteiger partial charge in [-0.25, -0.2) is 18.4 Å². The van der Waals surface area contributed by atoms with Gasteiger partial charge in [-0.1, -0.05) is 0 Å². The molecule has 0 atom stereocenters. The molecule has 0 spiro atoms. The van der Waals surface area contributed by atoms with E-state index < -0.39 is 13.0 Å². The first-order valence-corrected chi connectivity index (χ1v) is 4.80. The molecule has 0 unspecified atom stereocenters. The largest absolute Gasteiger partial charge is 0.384 e. The third-order valence-electron chi connectivity index (χ3n) is 1.94. The SMILES string of the molecule is Nc1ccnc(Nc2ccnn2CC(F)F)n1. The van der Waals surface area contributed by atoms with Crippen molar-refractivity contribution in [3.05, 3.63) is 24.5 Å². The molecule has 0 aliphatic rings. The Labute approximate surface area is 95.5 Å². The van der Waals surface area contributed by atoms with Crippen molar-refractivity contribution in [3.63, 3.8) is 0 Å². The molecule has 0 aliphatic heterocycles. The molecule has 0 aliphatic carbocycles. The minimum Gasteiger partial charge on any atom is -0.384 e. The van der Waals surface area contributed by atoms with Gasteiger partial charge in [0.05, 0.1) is 6.20 Å². The molecular formula is C9H10F2N6. The van der Waals surface area contributed by atoms with E-state index in [9.17, 15) is 8.78 Å². The Hall–Kier alpha value is -2.25. The van der Waals surface area contributed by atoms with Crippen LogP contribution in [0.15, 0.2) is 24.5 Å². The summed E-state index contributed by atoms with van der Waals surface area (Å²) in [6, 6.07) is 3.08. The van der Waals surface area contributed by atoms with Crippen molar-refractivity contribution in [3.8, 4) is 0 Å². The molecule has 0 aromatic carbocycles. The number of hydrogen-bond donors (Lipinski definition) is 2. The van der Waals surface area contributed by atoms with Gasteiger partial charge in [-0.2, -0.15) is 10.1 Å². The van der Waals surface area contributed by atoms with E-state index in [0.29, 0.717) is 11.6 Å². The highest BCUT2D eigenvalue weighted by atomic mass is 19.3. The number of alkyl halides is 2. The van der Waals surface area contributed by atoms with E-state index in [4.69, 9.17) is 5.73 Å². The van der Waals surface area contributed by atoms with Gasteiger partial charge in [0, 0.05) is 12.3 Å². The minimum atomic E-state index is -2.47. The standard InChI is InChI=1S/C9H10F2N6/c10-6(11)5-17-8(2-4-14-17)16-9-13-3-1-7(12)15-9/h1-4,6H,5H2,(H3,12,13,15,16). The first-order valence-electron chi connectivity index (χ1n) is 4.80. The van der Waals surface area contributed by atoms with Gasteiger partial charge >= 0.3 is 0 Å². The summed E-state index contributed by atoms with van der Waals surface area (Å²) < 4.78 is 25.6. The number of anilines is 3. The predicted octanol–water partition coefficient (Wildman–Crippen LogP) is 1.26. The van der Waals surface area contributed by atoms with Crippen LogP contribution in [0.4, 0.5) is 26.4 Å². The second-order valence-corrected chi connectivity index (χ2v) is 3.22. The molecule has 8 heteroatoms. The van der Waals surface area contributed by atoms with E-state index >= 15 is 0 Å². The molecular weight excluding hydrogens is 230 g/mol. The van der Waals surface area contributed by atoms with Crippen molar-refractivity contribution in [2.75, 3.05) is 11.1 Å². The van der Waals surface area contributed by atoms with Crippen molar-refractivity contribution in [1.82, 2.24) is 19.7 Å². The van der Waals surface area contributed by atoms with Crippen LogP contribution in [0.3, 0.4) is 0 Å². The number of nitrogens with two attached hydrogens (primary N) is 1. The summed E-state index contributed by atoms with van der Waals surface area (Å²) in [5.41, 5.74) is 5.47. The summed E-state index contributed by atoms with van der Waals surface area (Å²) >= 11 is 0. The Morgan fingerprint density at radius 3 is 2.88 bits per heavy atom. The van der Waals surface area contributed by atoms with Crippen LogP contribution in [0.2, 0.25) is 0 Å². The maximum absolute atomic E-state index is 12.2. The molecule has 2 aromatic heterocycles. The first kappa shape index (κ1) is 11.2. The Morgan fingerprint density at radius 1 is 1.35 bits per heavy atom. The zero-order chi connectivity index (χ0) is 12.3. The number of aromatic nitrogens is 4. The number of nitrogen functional groups attached to an aromatic ring is 1. The van der Waals surface area contributed by atoms with E-state index in [2.05, 4.69) is 20.4 Å². The molecule has 17 heavy (non-hydrogen) atoms. The number of rotatable bonds is 4. The van der Waals surface area contributed by atoms with E-state index in [1.54, 1.807) is 6.07 Å². The fraction of sp³-hybridized carbons (Fsp3) is 0.222. The average molecular weight is 240 g/mol. The van der Waals surface area contributed by atoms with E-state index in [1.165, 1.54) is 18.5 Å². The maximum atomic E-state index is 12.2. The monoisotopic (exact) mass is 240 g/mol. The number of nitrogens with one attached hydrogen (secondary N) is 1. The average Bonchev–Trinajstić information content (AvgIpc) is 2.65. The lowest BCUT2D eigenvalue weighted by Crippen LogP contribution is -2.11. The lowest BCUT2D eigenvalue weighted by atomic mass is 10.5. The number of halogens is 2. The molecule has 0 saturated heterocycles. The number of nitrogens with zero attached hydrogens (tertiary/aromatic N) is 4. The smallest absolute Gasteiger partial charge is 0.258 e. The first-order chi connectivity index (χ1) is 8.15. The summed E-state index contributed by atoms with van der Waals surface area (Å²) in [6.07, 6.45) is 0.410. The van der Waals surface area contributed by atoms with Crippen LogP contribution in [0, 0.1) is 0 Å². The second kappa shape index (κ2) is 4.73. The van der Waals surface area contributed by atoms with Crippen molar-refractivity contribution < 1.29 is 8.78 Å². The Kier molecular flexibility index (Phi) is 3.12. The van der Waals surface area contributed by atoms with Gasteiger partial charge < -0.3 is 11.1 Å². The second-order valence-electron chi connectivity index (χ2n) is 3.22. The normalized spacial score (nSPS) is 10.8. The highest BCUT2D eigenvalue weighted by Gasteiger charge is 2.09.